The van der Waals surface area contributed by atoms with Crippen LogP contribution in [0.1, 0.15) is 38.1 Å². The van der Waals surface area contributed by atoms with Crippen LogP contribution >= 0.6 is 0 Å². The second-order valence-electron chi connectivity index (χ2n) is 5.93. The zero-order valence-electron chi connectivity index (χ0n) is 12.7. The Morgan fingerprint density at radius 2 is 1.62 bits per heavy atom. The molecule has 4 nitrogen and oxygen atoms in total. The molecule has 2 aromatic carbocycles. The van der Waals surface area contributed by atoms with E-state index in [1.807, 2.05) is 24.3 Å². The standard InChI is InChI=1S/C17H19NO3/c1-11(19)14-9-12-7-5-6-8-13(12)10-15(14)18-16(20)21-17(2,3)4/h5-10H,1-4H3,(H,18,20). The summed E-state index contributed by atoms with van der Waals surface area (Å²) in [5.41, 5.74) is 0.354. The molecule has 0 bridgehead atoms. The first kappa shape index (κ1) is 15.0. The summed E-state index contributed by atoms with van der Waals surface area (Å²) in [6, 6.07) is 11.2. The lowest BCUT2D eigenvalue weighted by atomic mass is 10.0. The number of anilines is 1. The van der Waals surface area contributed by atoms with Crippen molar-refractivity contribution in [2.24, 2.45) is 0 Å². The summed E-state index contributed by atoms with van der Waals surface area (Å²) in [4.78, 5) is 23.7. The molecule has 2 aromatic rings. The molecule has 0 spiro atoms. The Labute approximate surface area is 124 Å². The van der Waals surface area contributed by atoms with Crippen LogP contribution in [0.2, 0.25) is 0 Å². The van der Waals surface area contributed by atoms with Gasteiger partial charge in [-0.3, -0.25) is 10.1 Å². The fourth-order valence-electron chi connectivity index (χ4n) is 2.05. The number of carbonyl (C=O) groups excluding carboxylic acids is 2. The van der Waals surface area contributed by atoms with Crippen molar-refractivity contribution in [2.45, 2.75) is 33.3 Å². The predicted molar refractivity (Wildman–Crippen MR) is 83.8 cm³/mol. The van der Waals surface area contributed by atoms with E-state index in [1.165, 1.54) is 6.92 Å². The van der Waals surface area contributed by atoms with Crippen LogP contribution in [0.15, 0.2) is 36.4 Å². The number of hydrogen-bond acceptors (Lipinski definition) is 3. The van der Waals surface area contributed by atoms with Crippen LogP contribution in [0.25, 0.3) is 10.8 Å². The minimum absolute atomic E-state index is 0.105. The maximum absolute atomic E-state index is 11.9. The molecule has 1 amide bonds. The van der Waals surface area contributed by atoms with E-state index in [2.05, 4.69) is 5.32 Å². The van der Waals surface area contributed by atoms with E-state index in [9.17, 15) is 9.59 Å². The first-order valence-corrected chi connectivity index (χ1v) is 6.80. The van der Waals surface area contributed by atoms with Crippen LogP contribution < -0.4 is 5.32 Å². The van der Waals surface area contributed by atoms with Crippen molar-refractivity contribution in [2.75, 3.05) is 5.32 Å². The number of Topliss-reactive ketones (excluding diaryl/α,β-unsaturated/α-hetero) is 1. The van der Waals surface area contributed by atoms with Gasteiger partial charge in [0.25, 0.3) is 0 Å². The molecule has 0 unspecified atom stereocenters. The minimum Gasteiger partial charge on any atom is -0.444 e. The van der Waals surface area contributed by atoms with Crippen LogP contribution in [0.3, 0.4) is 0 Å². The third-order valence-electron chi connectivity index (χ3n) is 2.90. The molecule has 0 aliphatic carbocycles. The average molecular weight is 285 g/mol. The van der Waals surface area contributed by atoms with Crippen LogP contribution in [0.5, 0.6) is 0 Å². The van der Waals surface area contributed by atoms with Gasteiger partial charge in [0.05, 0.1) is 5.69 Å². The molecule has 0 saturated heterocycles. The first-order valence-electron chi connectivity index (χ1n) is 6.80. The lowest BCUT2D eigenvalue weighted by Crippen LogP contribution is -2.27. The lowest BCUT2D eigenvalue weighted by Gasteiger charge is -2.20. The Hall–Kier alpha value is -2.36. The van der Waals surface area contributed by atoms with Gasteiger partial charge in [0.2, 0.25) is 0 Å². The number of benzene rings is 2. The van der Waals surface area contributed by atoms with E-state index in [4.69, 9.17) is 4.74 Å². The summed E-state index contributed by atoms with van der Waals surface area (Å²) in [6.45, 7) is 6.85. The molecule has 0 heterocycles. The number of ketones is 1. The topological polar surface area (TPSA) is 55.4 Å². The van der Waals surface area contributed by atoms with Gasteiger partial charge >= 0.3 is 6.09 Å². The van der Waals surface area contributed by atoms with Crippen molar-refractivity contribution in [3.63, 3.8) is 0 Å². The average Bonchev–Trinajstić information content (AvgIpc) is 2.35. The van der Waals surface area contributed by atoms with Gasteiger partial charge in [-0.25, -0.2) is 4.79 Å². The molecule has 0 radical (unpaired) electrons. The molecule has 110 valence electrons. The second kappa shape index (κ2) is 5.56. The molecule has 0 aliphatic heterocycles. The lowest BCUT2D eigenvalue weighted by molar-refractivity contribution is 0.0636. The van der Waals surface area contributed by atoms with E-state index in [-0.39, 0.29) is 5.78 Å². The zero-order valence-corrected chi connectivity index (χ0v) is 12.7. The highest BCUT2D eigenvalue weighted by molar-refractivity contribution is 6.06. The number of nitrogens with one attached hydrogen (secondary N) is 1. The molecular formula is C17H19NO3. The normalized spacial score (nSPS) is 11.2. The maximum atomic E-state index is 11.9. The summed E-state index contributed by atoms with van der Waals surface area (Å²) in [5.74, 6) is -0.105. The van der Waals surface area contributed by atoms with Gasteiger partial charge < -0.3 is 4.74 Å². The summed E-state index contributed by atoms with van der Waals surface area (Å²) >= 11 is 0. The van der Waals surface area contributed by atoms with Gasteiger partial charge in [-0.2, -0.15) is 0 Å². The molecule has 1 N–H and O–H groups in total. The fraction of sp³-hybridized carbons (Fsp3) is 0.294. The summed E-state index contributed by atoms with van der Waals surface area (Å²) in [5, 5.41) is 4.57. The van der Waals surface area contributed by atoms with Crippen molar-refractivity contribution < 1.29 is 14.3 Å². The molecular weight excluding hydrogens is 266 g/mol. The van der Waals surface area contributed by atoms with Gasteiger partial charge in [0, 0.05) is 5.56 Å². The van der Waals surface area contributed by atoms with Crippen molar-refractivity contribution in [1.29, 1.82) is 0 Å². The maximum Gasteiger partial charge on any atom is 0.412 e. The molecule has 2 rings (SSSR count). The summed E-state index contributed by atoms with van der Waals surface area (Å²) in [7, 11) is 0. The number of carbonyl (C=O) groups is 2. The highest BCUT2D eigenvalue weighted by atomic mass is 16.6. The van der Waals surface area contributed by atoms with Crippen LogP contribution in [-0.4, -0.2) is 17.5 Å². The Bertz CT molecular complexity index is 699. The summed E-state index contributed by atoms with van der Waals surface area (Å²) < 4.78 is 5.23. The fourth-order valence-corrected chi connectivity index (χ4v) is 2.05. The van der Waals surface area contributed by atoms with Gasteiger partial charge in [0.1, 0.15) is 5.60 Å². The highest BCUT2D eigenvalue weighted by Crippen LogP contribution is 2.25. The van der Waals surface area contributed by atoms with Crippen molar-refractivity contribution in [1.82, 2.24) is 0 Å². The molecule has 21 heavy (non-hydrogen) atoms. The predicted octanol–water partition coefficient (Wildman–Crippen LogP) is 4.39. The van der Waals surface area contributed by atoms with E-state index < -0.39 is 11.7 Å². The third kappa shape index (κ3) is 3.81. The van der Waals surface area contributed by atoms with E-state index in [0.717, 1.165) is 10.8 Å². The van der Waals surface area contributed by atoms with E-state index in [1.54, 1.807) is 32.9 Å². The number of amides is 1. The first-order chi connectivity index (χ1) is 9.76. The Balaban J connectivity index is 2.39. The van der Waals surface area contributed by atoms with E-state index in [0.29, 0.717) is 11.3 Å². The number of ether oxygens (including phenoxy) is 1. The molecule has 0 atom stereocenters. The van der Waals surface area contributed by atoms with E-state index >= 15 is 0 Å². The van der Waals surface area contributed by atoms with Gasteiger partial charge in [-0.1, -0.05) is 24.3 Å². The Kier molecular flexibility index (Phi) is 3.98. The molecule has 0 fully saturated rings. The highest BCUT2D eigenvalue weighted by Gasteiger charge is 2.18. The monoisotopic (exact) mass is 285 g/mol. The molecule has 0 aromatic heterocycles. The molecule has 0 aliphatic rings. The van der Waals surface area contributed by atoms with Crippen molar-refractivity contribution >= 4 is 28.3 Å². The SMILES string of the molecule is CC(=O)c1cc2ccccc2cc1NC(=O)OC(C)(C)C. The largest absolute Gasteiger partial charge is 0.444 e. The van der Waals surface area contributed by atoms with Gasteiger partial charge in [-0.05, 0) is 50.6 Å². The third-order valence-corrected chi connectivity index (χ3v) is 2.90. The number of fused-ring (bicyclic) bond motifs is 1. The quantitative estimate of drug-likeness (QED) is 0.832. The van der Waals surface area contributed by atoms with Crippen LogP contribution in [-0.2, 0) is 4.74 Å². The van der Waals surface area contributed by atoms with Crippen LogP contribution in [0.4, 0.5) is 10.5 Å². The van der Waals surface area contributed by atoms with Gasteiger partial charge in [0.15, 0.2) is 5.78 Å². The molecule has 4 heteroatoms. The van der Waals surface area contributed by atoms with Crippen molar-refractivity contribution in [3.8, 4) is 0 Å². The summed E-state index contributed by atoms with van der Waals surface area (Å²) in [6.07, 6.45) is -0.569. The Morgan fingerprint density at radius 1 is 1.05 bits per heavy atom. The number of hydrogen-bond donors (Lipinski definition) is 1. The van der Waals surface area contributed by atoms with Gasteiger partial charge in [-0.15, -0.1) is 0 Å². The Morgan fingerprint density at radius 3 is 2.14 bits per heavy atom. The number of rotatable bonds is 2. The minimum atomic E-state index is -0.586. The second-order valence-corrected chi connectivity index (χ2v) is 5.93. The molecule has 0 saturated carbocycles. The van der Waals surface area contributed by atoms with Crippen LogP contribution in [0, 0.1) is 0 Å². The zero-order chi connectivity index (χ0) is 15.6. The smallest absolute Gasteiger partial charge is 0.412 e. The van der Waals surface area contributed by atoms with Crippen molar-refractivity contribution in [3.05, 3.63) is 42.0 Å².